The standard InChI is InChI=1S/C13H22N2O4S/c16-13(12-4-3-7-19-12)14-10-8-20(17,18)9-11(10)15-5-1-2-6-15/h10-12H,1-9H2,(H,14,16). The summed E-state index contributed by atoms with van der Waals surface area (Å²) in [6.07, 6.45) is 3.47. The molecule has 3 heterocycles. The molecular weight excluding hydrogens is 280 g/mol. The SMILES string of the molecule is O=C(NC1CS(=O)(=O)CC1N1CCCC1)C1CCCO1. The molecule has 0 spiro atoms. The Morgan fingerprint density at radius 1 is 1.15 bits per heavy atom. The van der Waals surface area contributed by atoms with E-state index < -0.39 is 15.9 Å². The number of nitrogens with zero attached hydrogens (tertiary/aromatic N) is 1. The highest BCUT2D eigenvalue weighted by Gasteiger charge is 2.43. The molecule has 3 aliphatic rings. The van der Waals surface area contributed by atoms with Crippen LogP contribution >= 0.6 is 0 Å². The van der Waals surface area contributed by atoms with E-state index in [1.807, 2.05) is 0 Å². The van der Waals surface area contributed by atoms with E-state index in [1.54, 1.807) is 0 Å². The summed E-state index contributed by atoms with van der Waals surface area (Å²) in [5, 5.41) is 2.92. The fourth-order valence-corrected chi connectivity index (χ4v) is 5.41. The van der Waals surface area contributed by atoms with Crippen LogP contribution in [0.4, 0.5) is 0 Å². The molecule has 1 N–H and O–H groups in total. The molecule has 3 aliphatic heterocycles. The summed E-state index contributed by atoms with van der Waals surface area (Å²) in [4.78, 5) is 14.3. The van der Waals surface area contributed by atoms with Crippen LogP contribution in [0.25, 0.3) is 0 Å². The molecule has 0 saturated carbocycles. The third-order valence-electron chi connectivity index (χ3n) is 4.48. The summed E-state index contributed by atoms with van der Waals surface area (Å²) in [6.45, 7) is 2.50. The normalized spacial score (nSPS) is 37.3. The van der Waals surface area contributed by atoms with E-state index in [1.165, 1.54) is 0 Å². The average Bonchev–Trinajstić information content (AvgIpc) is 3.08. The Labute approximate surface area is 119 Å². The highest BCUT2D eigenvalue weighted by atomic mass is 32.2. The van der Waals surface area contributed by atoms with Gasteiger partial charge in [-0.05, 0) is 38.8 Å². The smallest absolute Gasteiger partial charge is 0.249 e. The molecule has 3 rings (SSSR count). The van der Waals surface area contributed by atoms with Gasteiger partial charge in [-0.2, -0.15) is 0 Å². The fourth-order valence-electron chi connectivity index (χ4n) is 3.46. The van der Waals surface area contributed by atoms with Crippen LogP contribution in [-0.2, 0) is 19.4 Å². The number of hydrogen-bond acceptors (Lipinski definition) is 5. The number of nitrogens with one attached hydrogen (secondary N) is 1. The van der Waals surface area contributed by atoms with E-state index in [0.29, 0.717) is 6.61 Å². The Morgan fingerprint density at radius 2 is 1.90 bits per heavy atom. The van der Waals surface area contributed by atoms with E-state index in [4.69, 9.17) is 4.74 Å². The predicted octanol–water partition coefficient (Wildman–Crippen LogP) is -0.457. The summed E-state index contributed by atoms with van der Waals surface area (Å²) >= 11 is 0. The van der Waals surface area contributed by atoms with Gasteiger partial charge in [0, 0.05) is 12.6 Å². The van der Waals surface area contributed by atoms with Crippen LogP contribution < -0.4 is 5.32 Å². The summed E-state index contributed by atoms with van der Waals surface area (Å²) in [7, 11) is -3.05. The van der Waals surface area contributed by atoms with Gasteiger partial charge in [-0.25, -0.2) is 8.42 Å². The van der Waals surface area contributed by atoms with Gasteiger partial charge in [0.25, 0.3) is 0 Å². The van der Waals surface area contributed by atoms with E-state index in [-0.39, 0.29) is 29.5 Å². The summed E-state index contributed by atoms with van der Waals surface area (Å²) in [5.74, 6) is 0.0876. The Kier molecular flexibility index (Phi) is 4.01. The van der Waals surface area contributed by atoms with Crippen molar-refractivity contribution in [1.29, 1.82) is 0 Å². The van der Waals surface area contributed by atoms with Gasteiger partial charge in [-0.3, -0.25) is 9.69 Å². The number of likely N-dealkylation sites (tertiary alicyclic amines) is 1. The number of amides is 1. The predicted molar refractivity (Wildman–Crippen MR) is 74.2 cm³/mol. The summed E-state index contributed by atoms with van der Waals surface area (Å²) in [5.41, 5.74) is 0. The van der Waals surface area contributed by atoms with Gasteiger partial charge >= 0.3 is 0 Å². The first kappa shape index (κ1) is 14.3. The number of sulfone groups is 1. The largest absolute Gasteiger partial charge is 0.368 e. The minimum absolute atomic E-state index is 0.0621. The molecule has 0 aromatic heterocycles. The Hall–Kier alpha value is -0.660. The summed E-state index contributed by atoms with van der Waals surface area (Å²) < 4.78 is 29.2. The Morgan fingerprint density at radius 3 is 2.55 bits per heavy atom. The molecule has 0 aromatic carbocycles. The van der Waals surface area contributed by atoms with Crippen molar-refractivity contribution in [2.75, 3.05) is 31.2 Å². The maximum Gasteiger partial charge on any atom is 0.249 e. The van der Waals surface area contributed by atoms with Crippen LogP contribution in [0.1, 0.15) is 25.7 Å². The molecule has 7 heteroatoms. The third-order valence-corrected chi connectivity index (χ3v) is 6.20. The van der Waals surface area contributed by atoms with E-state index in [0.717, 1.165) is 38.8 Å². The minimum Gasteiger partial charge on any atom is -0.368 e. The molecule has 1 amide bonds. The lowest BCUT2D eigenvalue weighted by Crippen LogP contribution is -2.52. The zero-order valence-electron chi connectivity index (χ0n) is 11.6. The van der Waals surface area contributed by atoms with Gasteiger partial charge in [0.1, 0.15) is 6.10 Å². The highest BCUT2D eigenvalue weighted by molar-refractivity contribution is 7.91. The van der Waals surface area contributed by atoms with E-state index in [2.05, 4.69) is 10.2 Å². The minimum atomic E-state index is -3.05. The van der Waals surface area contributed by atoms with Gasteiger partial charge in [-0.1, -0.05) is 0 Å². The fraction of sp³-hybridized carbons (Fsp3) is 0.923. The average molecular weight is 302 g/mol. The summed E-state index contributed by atoms with van der Waals surface area (Å²) in [6, 6.07) is -0.345. The number of ether oxygens (including phenoxy) is 1. The van der Waals surface area contributed by atoms with Crippen molar-refractivity contribution >= 4 is 15.7 Å². The first-order valence-electron chi connectivity index (χ1n) is 7.42. The molecule has 3 unspecified atom stereocenters. The maximum absolute atomic E-state index is 12.1. The molecule has 3 fully saturated rings. The molecule has 0 radical (unpaired) electrons. The van der Waals surface area contributed by atoms with Crippen LogP contribution in [0.15, 0.2) is 0 Å². The van der Waals surface area contributed by atoms with Crippen molar-refractivity contribution in [3.8, 4) is 0 Å². The molecule has 3 atom stereocenters. The Balaban J connectivity index is 1.67. The first-order chi connectivity index (χ1) is 9.55. The lowest BCUT2D eigenvalue weighted by atomic mass is 10.1. The lowest BCUT2D eigenvalue weighted by Gasteiger charge is -2.28. The van der Waals surface area contributed by atoms with Crippen molar-refractivity contribution in [1.82, 2.24) is 10.2 Å². The highest BCUT2D eigenvalue weighted by Crippen LogP contribution is 2.23. The molecule has 20 heavy (non-hydrogen) atoms. The number of hydrogen-bond donors (Lipinski definition) is 1. The van der Waals surface area contributed by atoms with Crippen molar-refractivity contribution in [2.24, 2.45) is 0 Å². The van der Waals surface area contributed by atoms with Crippen molar-refractivity contribution in [3.05, 3.63) is 0 Å². The lowest BCUT2D eigenvalue weighted by molar-refractivity contribution is -0.131. The number of carbonyl (C=O) groups excluding carboxylic acids is 1. The second-order valence-corrected chi connectivity index (χ2v) is 8.16. The molecule has 0 bridgehead atoms. The van der Waals surface area contributed by atoms with Crippen LogP contribution in [0.5, 0.6) is 0 Å². The van der Waals surface area contributed by atoms with Gasteiger partial charge in [0.15, 0.2) is 9.84 Å². The zero-order chi connectivity index (χ0) is 14.2. The molecular formula is C13H22N2O4S. The first-order valence-corrected chi connectivity index (χ1v) is 9.24. The number of carbonyl (C=O) groups is 1. The number of rotatable bonds is 3. The second kappa shape index (κ2) is 5.61. The molecule has 0 aromatic rings. The van der Waals surface area contributed by atoms with Gasteiger partial charge in [-0.15, -0.1) is 0 Å². The molecule has 6 nitrogen and oxygen atoms in total. The topological polar surface area (TPSA) is 75.7 Å². The van der Waals surface area contributed by atoms with Gasteiger partial charge in [0.05, 0.1) is 17.5 Å². The van der Waals surface area contributed by atoms with Gasteiger partial charge < -0.3 is 10.1 Å². The van der Waals surface area contributed by atoms with Crippen molar-refractivity contribution in [2.45, 2.75) is 43.9 Å². The van der Waals surface area contributed by atoms with E-state index in [9.17, 15) is 13.2 Å². The van der Waals surface area contributed by atoms with Crippen LogP contribution in [0.3, 0.4) is 0 Å². The van der Waals surface area contributed by atoms with Crippen molar-refractivity contribution < 1.29 is 17.9 Å². The monoisotopic (exact) mass is 302 g/mol. The second-order valence-electron chi connectivity index (χ2n) is 6.00. The molecule has 3 saturated heterocycles. The molecule has 0 aliphatic carbocycles. The zero-order valence-corrected chi connectivity index (χ0v) is 12.4. The quantitative estimate of drug-likeness (QED) is 0.764. The van der Waals surface area contributed by atoms with Crippen molar-refractivity contribution in [3.63, 3.8) is 0 Å². The van der Waals surface area contributed by atoms with Gasteiger partial charge in [0.2, 0.25) is 5.91 Å². The van der Waals surface area contributed by atoms with Crippen LogP contribution in [-0.4, -0.2) is 68.6 Å². The maximum atomic E-state index is 12.1. The van der Waals surface area contributed by atoms with E-state index >= 15 is 0 Å². The Bertz CT molecular complexity index is 467. The van der Waals surface area contributed by atoms with Crippen LogP contribution in [0, 0.1) is 0 Å². The third kappa shape index (κ3) is 2.99. The molecule has 114 valence electrons. The van der Waals surface area contributed by atoms with Crippen LogP contribution in [0.2, 0.25) is 0 Å².